The number of methoxy groups -OCH3 is 3. The smallest absolute Gasteiger partial charge is 0.312 e. The van der Waals surface area contributed by atoms with E-state index in [1.54, 1.807) is 50.6 Å². The molecular weight excluding hydrogens is 500 g/mol. The van der Waals surface area contributed by atoms with Crippen molar-refractivity contribution in [3.8, 4) is 39.9 Å². The van der Waals surface area contributed by atoms with Gasteiger partial charge in [0.05, 0.1) is 38.7 Å². The number of hydrogen-bond donors (Lipinski definition) is 0. The first-order valence-electron chi connectivity index (χ1n) is 12.3. The zero-order valence-electron chi connectivity index (χ0n) is 22.2. The molecule has 0 saturated heterocycles. The predicted molar refractivity (Wildman–Crippen MR) is 146 cm³/mol. The minimum absolute atomic E-state index is 0.0690. The molecule has 0 bridgehead atoms. The third-order valence-electron chi connectivity index (χ3n) is 6.64. The van der Waals surface area contributed by atoms with Crippen molar-refractivity contribution in [2.45, 2.75) is 19.3 Å². The van der Waals surface area contributed by atoms with Gasteiger partial charge in [0.25, 0.3) is 0 Å². The second kappa shape index (κ2) is 10.6. The molecule has 3 aromatic carbocycles. The average molecular weight is 529 g/mol. The zero-order chi connectivity index (χ0) is 27.7. The highest BCUT2D eigenvalue weighted by molar-refractivity contribution is 5.90. The van der Waals surface area contributed by atoms with Gasteiger partial charge in [0.15, 0.2) is 23.0 Å². The molecule has 0 fully saturated rings. The Morgan fingerprint density at radius 3 is 2.36 bits per heavy atom. The van der Waals surface area contributed by atoms with Crippen LogP contribution in [0.3, 0.4) is 0 Å². The van der Waals surface area contributed by atoms with Crippen LogP contribution in [0, 0.1) is 0 Å². The van der Waals surface area contributed by atoms with Gasteiger partial charge < -0.3 is 28.1 Å². The van der Waals surface area contributed by atoms with Crippen LogP contribution in [0.2, 0.25) is 0 Å². The highest BCUT2D eigenvalue weighted by Crippen LogP contribution is 2.44. The standard InChI is InChI=1S/C31H28O8/c1-17(2)15-37-27-13-18(6-10-24(27)35-4)21-14-28(32)39-25-11-8-20-30(33)22(16-38-31(20)29(21)25)19-7-9-23(34-3)26(12-19)36-5/h6-13,16,21H,1,14-15H2,2-5H3/t21-/m1/s1. The number of esters is 1. The second-order valence-electron chi connectivity index (χ2n) is 9.29. The van der Waals surface area contributed by atoms with Gasteiger partial charge in [-0.2, -0.15) is 0 Å². The zero-order valence-corrected chi connectivity index (χ0v) is 22.2. The summed E-state index contributed by atoms with van der Waals surface area (Å²) in [5, 5.41) is 0.372. The summed E-state index contributed by atoms with van der Waals surface area (Å²) in [5.74, 6) is 1.67. The number of rotatable bonds is 8. The molecule has 5 rings (SSSR count). The Bertz CT molecular complexity index is 1650. The van der Waals surface area contributed by atoms with Crippen LogP contribution in [0.15, 0.2) is 76.2 Å². The molecule has 0 spiro atoms. The highest BCUT2D eigenvalue weighted by atomic mass is 16.5. The van der Waals surface area contributed by atoms with Crippen LogP contribution in [-0.4, -0.2) is 33.9 Å². The molecule has 0 saturated carbocycles. The Hall–Kier alpha value is -4.72. The molecule has 1 aliphatic heterocycles. The molecule has 0 amide bonds. The molecule has 1 aromatic heterocycles. The lowest BCUT2D eigenvalue weighted by molar-refractivity contribution is -0.135. The lowest BCUT2D eigenvalue weighted by atomic mass is 9.85. The van der Waals surface area contributed by atoms with Crippen molar-refractivity contribution >= 4 is 16.9 Å². The molecule has 8 nitrogen and oxygen atoms in total. The number of fused-ring (bicyclic) bond motifs is 3. The van der Waals surface area contributed by atoms with E-state index < -0.39 is 5.92 Å². The molecule has 0 unspecified atom stereocenters. The molecule has 8 heteroatoms. The lowest BCUT2D eigenvalue weighted by Crippen LogP contribution is -2.22. The fourth-order valence-electron chi connectivity index (χ4n) is 4.77. The number of ether oxygens (including phenoxy) is 5. The van der Waals surface area contributed by atoms with Gasteiger partial charge in [-0.3, -0.25) is 9.59 Å². The minimum atomic E-state index is -0.432. The fourth-order valence-corrected chi connectivity index (χ4v) is 4.77. The molecule has 200 valence electrons. The highest BCUT2D eigenvalue weighted by Gasteiger charge is 2.33. The third kappa shape index (κ3) is 4.81. The van der Waals surface area contributed by atoms with E-state index in [9.17, 15) is 9.59 Å². The van der Waals surface area contributed by atoms with Crippen molar-refractivity contribution in [2.24, 2.45) is 0 Å². The Labute approximate surface area is 225 Å². The molecule has 39 heavy (non-hydrogen) atoms. The van der Waals surface area contributed by atoms with Crippen LogP contribution in [0.5, 0.6) is 28.7 Å². The number of carbonyl (C=O) groups excluding carboxylic acids is 1. The second-order valence-corrected chi connectivity index (χ2v) is 9.29. The Morgan fingerprint density at radius 2 is 1.64 bits per heavy atom. The van der Waals surface area contributed by atoms with Gasteiger partial charge in [0.2, 0.25) is 5.43 Å². The maximum atomic E-state index is 13.7. The first-order valence-corrected chi connectivity index (χ1v) is 12.3. The van der Waals surface area contributed by atoms with Crippen LogP contribution < -0.4 is 29.1 Å². The lowest BCUT2D eigenvalue weighted by Gasteiger charge is -2.26. The fraction of sp³-hybridized carbons (Fsp3) is 0.226. The molecule has 4 aromatic rings. The normalized spacial score (nSPS) is 14.4. The maximum Gasteiger partial charge on any atom is 0.312 e. The first-order chi connectivity index (χ1) is 18.8. The molecule has 2 heterocycles. The SMILES string of the molecule is C=C(C)COc1cc([C@H]2CC(=O)Oc3ccc4c(=O)c(-c5ccc(OC)c(OC)c5)coc4c32)ccc1OC. The average Bonchev–Trinajstić information content (AvgIpc) is 2.95. The Morgan fingerprint density at radius 1 is 0.923 bits per heavy atom. The van der Waals surface area contributed by atoms with Crippen LogP contribution in [0.25, 0.3) is 22.1 Å². The van der Waals surface area contributed by atoms with Gasteiger partial charge in [-0.05, 0) is 60.0 Å². The van der Waals surface area contributed by atoms with Crippen molar-refractivity contribution in [1.29, 1.82) is 0 Å². The van der Waals surface area contributed by atoms with E-state index in [1.165, 1.54) is 13.4 Å². The number of carbonyl (C=O) groups is 1. The first kappa shape index (κ1) is 25.9. The molecule has 0 radical (unpaired) electrons. The minimum Gasteiger partial charge on any atom is -0.493 e. The van der Waals surface area contributed by atoms with Gasteiger partial charge in [-0.15, -0.1) is 0 Å². The van der Waals surface area contributed by atoms with Crippen molar-refractivity contribution < 1.29 is 32.9 Å². The summed E-state index contributed by atoms with van der Waals surface area (Å²) in [6.07, 6.45) is 1.49. The monoisotopic (exact) mass is 528 g/mol. The molecule has 1 atom stereocenters. The van der Waals surface area contributed by atoms with Gasteiger partial charge >= 0.3 is 5.97 Å². The van der Waals surface area contributed by atoms with E-state index in [2.05, 4.69) is 6.58 Å². The summed E-state index contributed by atoms with van der Waals surface area (Å²) in [7, 11) is 4.65. The summed E-state index contributed by atoms with van der Waals surface area (Å²) in [5.41, 5.74) is 3.41. The molecule has 1 aliphatic rings. The van der Waals surface area contributed by atoms with Gasteiger partial charge in [-0.25, -0.2) is 0 Å². The molecule has 0 aliphatic carbocycles. The van der Waals surface area contributed by atoms with E-state index >= 15 is 0 Å². The van der Waals surface area contributed by atoms with Crippen LogP contribution >= 0.6 is 0 Å². The van der Waals surface area contributed by atoms with Crippen molar-refractivity contribution in [3.63, 3.8) is 0 Å². The quantitative estimate of drug-likeness (QED) is 0.159. The number of hydrogen-bond acceptors (Lipinski definition) is 8. The van der Waals surface area contributed by atoms with Crippen LogP contribution in [-0.2, 0) is 4.79 Å². The topological polar surface area (TPSA) is 93.4 Å². The maximum absolute atomic E-state index is 13.7. The van der Waals surface area contributed by atoms with Gasteiger partial charge in [0.1, 0.15) is 24.2 Å². The van der Waals surface area contributed by atoms with Crippen molar-refractivity contribution in [1.82, 2.24) is 0 Å². The van der Waals surface area contributed by atoms with E-state index in [4.69, 9.17) is 28.1 Å². The van der Waals surface area contributed by atoms with E-state index in [-0.39, 0.29) is 17.8 Å². The Kier molecular flexibility index (Phi) is 7.02. The predicted octanol–water partition coefficient (Wildman–Crippen LogP) is 5.88. The summed E-state index contributed by atoms with van der Waals surface area (Å²) >= 11 is 0. The summed E-state index contributed by atoms with van der Waals surface area (Å²) < 4.78 is 33.8. The summed E-state index contributed by atoms with van der Waals surface area (Å²) in [4.78, 5) is 26.3. The van der Waals surface area contributed by atoms with E-state index in [0.717, 1.165) is 11.1 Å². The van der Waals surface area contributed by atoms with Crippen LogP contribution in [0.1, 0.15) is 30.4 Å². The summed E-state index contributed by atoms with van der Waals surface area (Å²) in [6.45, 7) is 6.07. The number of benzene rings is 3. The largest absolute Gasteiger partial charge is 0.493 e. The molecule has 0 N–H and O–H groups in total. The molecular formula is C31H28O8. The third-order valence-corrected chi connectivity index (χ3v) is 6.64. The van der Waals surface area contributed by atoms with Gasteiger partial charge in [-0.1, -0.05) is 18.7 Å². The summed E-state index contributed by atoms with van der Waals surface area (Å²) in [6, 6.07) is 14.0. The van der Waals surface area contributed by atoms with Crippen molar-refractivity contribution in [3.05, 3.63) is 88.3 Å². The van der Waals surface area contributed by atoms with Crippen molar-refractivity contribution in [2.75, 3.05) is 27.9 Å². The Balaban J connectivity index is 1.64. The van der Waals surface area contributed by atoms with E-state index in [0.29, 0.717) is 63.0 Å². The van der Waals surface area contributed by atoms with Crippen LogP contribution in [0.4, 0.5) is 0 Å². The van der Waals surface area contributed by atoms with Gasteiger partial charge in [0, 0.05) is 11.5 Å². The van der Waals surface area contributed by atoms with E-state index in [1.807, 2.05) is 19.1 Å².